The Labute approximate surface area is 86.9 Å². The fraction of sp³-hybridized carbons (Fsp3) is 0.600. The molecular weight excluding hydrogens is 192 g/mol. The highest BCUT2D eigenvalue weighted by Crippen LogP contribution is 2.27. The summed E-state index contributed by atoms with van der Waals surface area (Å²) in [6, 6.07) is 1.02. The molecule has 0 aromatic rings. The molecule has 1 aliphatic rings. The first-order valence-corrected chi connectivity index (χ1v) is 7.34. The molecule has 1 saturated heterocycles. The van der Waals surface area contributed by atoms with Crippen LogP contribution in [0.15, 0.2) is 25.3 Å². The largest absolute Gasteiger partial charge is 0.413 e. The summed E-state index contributed by atoms with van der Waals surface area (Å²) in [6.45, 7) is 8.26. The molecule has 0 saturated carbocycles. The van der Waals surface area contributed by atoms with Crippen LogP contribution in [0.3, 0.4) is 0 Å². The van der Waals surface area contributed by atoms with Crippen LogP contribution in [-0.2, 0) is 4.43 Å². The van der Waals surface area contributed by atoms with Crippen molar-refractivity contribution in [2.45, 2.75) is 30.2 Å². The Morgan fingerprint density at radius 2 is 1.71 bits per heavy atom. The summed E-state index contributed by atoms with van der Waals surface area (Å²) in [4.78, 5) is 0. The lowest BCUT2D eigenvalue weighted by molar-refractivity contribution is 0.257. The van der Waals surface area contributed by atoms with Gasteiger partial charge in [0.2, 0.25) is 8.32 Å². The van der Waals surface area contributed by atoms with Crippen molar-refractivity contribution in [3.8, 4) is 0 Å². The fourth-order valence-corrected chi connectivity index (χ4v) is 5.75. The Bertz CT molecular complexity index is 198. The number of rotatable bonds is 4. The summed E-state index contributed by atoms with van der Waals surface area (Å²) in [5.74, 6) is 0. The van der Waals surface area contributed by atoms with Crippen LogP contribution in [0.25, 0.3) is 0 Å². The average molecular weight is 212 g/mol. The lowest BCUT2D eigenvalue weighted by Gasteiger charge is -2.41. The zero-order chi connectivity index (χ0) is 10.6. The molecule has 1 heterocycles. The molecule has 2 atom stereocenters. The zero-order valence-electron chi connectivity index (χ0n) is 8.61. The third-order valence-corrected chi connectivity index (χ3v) is 7.57. The molecule has 2 unspecified atom stereocenters. The quantitative estimate of drug-likeness (QED) is 0.536. The first-order chi connectivity index (χ1) is 6.67. The van der Waals surface area contributed by atoms with Gasteiger partial charge in [0.25, 0.3) is 0 Å². The minimum Gasteiger partial charge on any atom is -0.413 e. The molecule has 0 radical (unpaired) electrons. The molecule has 1 aliphatic heterocycles. The highest BCUT2D eigenvalue weighted by molar-refractivity contribution is 6.77. The van der Waals surface area contributed by atoms with Crippen LogP contribution in [0.5, 0.6) is 0 Å². The molecule has 0 aliphatic carbocycles. The summed E-state index contributed by atoms with van der Waals surface area (Å²) >= 11 is 0. The van der Waals surface area contributed by atoms with Crippen molar-refractivity contribution in [1.29, 1.82) is 0 Å². The van der Waals surface area contributed by atoms with Crippen LogP contribution in [0.2, 0.25) is 6.04 Å². The van der Waals surface area contributed by atoms with Gasteiger partial charge in [0.15, 0.2) is 0 Å². The van der Waals surface area contributed by atoms with Gasteiger partial charge in [0.05, 0.1) is 0 Å². The van der Waals surface area contributed by atoms with E-state index in [0.29, 0.717) is 0 Å². The van der Waals surface area contributed by atoms with Crippen molar-refractivity contribution in [2.24, 2.45) is 11.5 Å². The highest BCUT2D eigenvalue weighted by Gasteiger charge is 2.45. The second kappa shape index (κ2) is 4.88. The molecule has 4 N–H and O–H groups in total. The van der Waals surface area contributed by atoms with Crippen LogP contribution in [0, 0.1) is 0 Å². The van der Waals surface area contributed by atoms with E-state index in [1.807, 2.05) is 0 Å². The molecule has 0 aromatic carbocycles. The van der Waals surface area contributed by atoms with Crippen molar-refractivity contribution in [3.63, 3.8) is 0 Å². The summed E-state index contributed by atoms with van der Waals surface area (Å²) in [5, 5.41) is 0. The Balaban J connectivity index is 2.86. The molecular formula is C10H20N2OSi. The Morgan fingerprint density at radius 3 is 2.07 bits per heavy atom. The summed E-state index contributed by atoms with van der Waals surface area (Å²) in [7, 11) is -2.07. The van der Waals surface area contributed by atoms with E-state index in [1.165, 1.54) is 0 Å². The topological polar surface area (TPSA) is 61.3 Å². The summed E-state index contributed by atoms with van der Waals surface area (Å²) < 4.78 is 5.92. The van der Waals surface area contributed by atoms with E-state index in [-0.39, 0.29) is 11.3 Å². The lowest BCUT2D eigenvalue weighted by Crippen LogP contribution is -2.66. The molecule has 0 aromatic heterocycles. The van der Waals surface area contributed by atoms with Crippen LogP contribution in [0.4, 0.5) is 0 Å². The maximum atomic E-state index is 6.05. The molecule has 0 spiro atoms. The van der Waals surface area contributed by atoms with Gasteiger partial charge in [-0.25, -0.2) is 0 Å². The van der Waals surface area contributed by atoms with E-state index in [4.69, 9.17) is 15.9 Å². The summed E-state index contributed by atoms with van der Waals surface area (Å²) in [5.41, 5.74) is 11.9. The minimum absolute atomic E-state index is 0.0872. The predicted octanol–water partition coefficient (Wildman–Crippen LogP) is 0.847. The number of hydrogen-bond acceptors (Lipinski definition) is 3. The van der Waals surface area contributed by atoms with Gasteiger partial charge in [0, 0.05) is 17.9 Å². The standard InChI is InChI=1S/C10H20N2OSi/c1-3-9(11)14(10(12)4-2)8-6-5-7-13-14/h3-4,9-10H,1-2,5-8,11-12H2. The second-order valence-corrected chi connectivity index (χ2v) is 7.82. The minimum atomic E-state index is -2.07. The Morgan fingerprint density at radius 1 is 1.14 bits per heavy atom. The molecule has 14 heavy (non-hydrogen) atoms. The normalized spacial score (nSPS) is 31.9. The molecule has 3 nitrogen and oxygen atoms in total. The van der Waals surface area contributed by atoms with E-state index >= 15 is 0 Å². The van der Waals surface area contributed by atoms with Gasteiger partial charge in [-0.15, -0.1) is 13.2 Å². The van der Waals surface area contributed by atoms with E-state index in [9.17, 15) is 0 Å². The predicted molar refractivity (Wildman–Crippen MR) is 62.1 cm³/mol. The first kappa shape index (κ1) is 11.7. The maximum absolute atomic E-state index is 6.05. The molecule has 0 bridgehead atoms. The molecule has 80 valence electrons. The van der Waals surface area contributed by atoms with Gasteiger partial charge >= 0.3 is 0 Å². The second-order valence-electron chi connectivity index (χ2n) is 3.78. The van der Waals surface area contributed by atoms with E-state index in [0.717, 1.165) is 25.5 Å². The smallest absolute Gasteiger partial charge is 0.232 e. The van der Waals surface area contributed by atoms with E-state index in [2.05, 4.69) is 13.2 Å². The third-order valence-electron chi connectivity index (χ3n) is 2.97. The Kier molecular flexibility index (Phi) is 4.06. The molecule has 1 fully saturated rings. The van der Waals surface area contributed by atoms with Gasteiger partial charge in [-0.1, -0.05) is 18.6 Å². The molecule has 1 rings (SSSR count). The first-order valence-electron chi connectivity index (χ1n) is 5.07. The maximum Gasteiger partial charge on any atom is 0.232 e. The zero-order valence-corrected chi connectivity index (χ0v) is 9.61. The molecule has 4 heteroatoms. The van der Waals surface area contributed by atoms with Crippen LogP contribution in [0.1, 0.15) is 12.8 Å². The average Bonchev–Trinajstić information content (AvgIpc) is 2.27. The van der Waals surface area contributed by atoms with Gasteiger partial charge in [-0.05, 0) is 12.5 Å². The van der Waals surface area contributed by atoms with Gasteiger partial charge in [-0.3, -0.25) is 0 Å². The van der Waals surface area contributed by atoms with E-state index < -0.39 is 8.32 Å². The van der Waals surface area contributed by atoms with Gasteiger partial charge < -0.3 is 15.9 Å². The van der Waals surface area contributed by atoms with Gasteiger partial charge in [0.1, 0.15) is 0 Å². The van der Waals surface area contributed by atoms with Crippen molar-refractivity contribution >= 4 is 8.32 Å². The van der Waals surface area contributed by atoms with Crippen molar-refractivity contribution in [2.75, 3.05) is 6.61 Å². The third kappa shape index (κ3) is 1.98. The highest BCUT2D eigenvalue weighted by atomic mass is 28.4. The van der Waals surface area contributed by atoms with Crippen molar-refractivity contribution in [3.05, 3.63) is 25.3 Å². The Hall–Kier alpha value is -0.423. The van der Waals surface area contributed by atoms with Crippen LogP contribution >= 0.6 is 0 Å². The van der Waals surface area contributed by atoms with Crippen molar-refractivity contribution < 1.29 is 4.43 Å². The molecule has 0 amide bonds. The lowest BCUT2D eigenvalue weighted by atomic mass is 10.4. The number of nitrogens with two attached hydrogens (primary N) is 2. The van der Waals surface area contributed by atoms with Crippen molar-refractivity contribution in [1.82, 2.24) is 0 Å². The van der Waals surface area contributed by atoms with Gasteiger partial charge in [-0.2, -0.15) is 0 Å². The summed E-state index contributed by atoms with van der Waals surface area (Å²) in [6.07, 6.45) is 5.81. The van der Waals surface area contributed by atoms with Crippen LogP contribution < -0.4 is 11.5 Å². The SMILES string of the molecule is C=CC(N)[Si]1(C(N)C=C)CCCCO1. The number of hydrogen-bond donors (Lipinski definition) is 2. The van der Waals surface area contributed by atoms with E-state index in [1.54, 1.807) is 12.2 Å². The fourth-order valence-electron chi connectivity index (χ4n) is 1.98. The van der Waals surface area contributed by atoms with Crippen LogP contribution in [-0.4, -0.2) is 26.3 Å². The monoisotopic (exact) mass is 212 g/mol.